The summed E-state index contributed by atoms with van der Waals surface area (Å²) >= 11 is 0. The molecule has 7 fully saturated rings. The van der Waals surface area contributed by atoms with Crippen molar-refractivity contribution in [2.45, 2.75) is 245 Å². The zero-order chi connectivity index (χ0) is 72.6. The molecular weight excluding hydrogens is 2430 g/mol. The Balaban J connectivity index is -0.000000348. The molecular formula is C70H112BO24U5-5. The molecule has 24 nitrogen and oxygen atoms in total. The SMILES string of the molecule is CC(C)C1[C@@H](C(O)C(O)C=O)O[CH-][C@H]1O.CC(C)C1[C@@H](C(O)CC=O)O[C@@H](C)[C@H]1O.CC(C)C1[C@H](O)[CH-]O[C@@H]1/C=C\C=O.CC(C)C1[C@H](O)[CH-]O[C@@H]1C#CC=O.CC(C)C1[C@H](O)[CH-]O[C@@H]1CC=O.CC(C)C1[C@H](O)[CH-]O[C@@H]1CCC=O.[B][C@@H]1O[C@H](/C=C/C=O)C(C(C)C)[C@@H]1O.[U].[U].[U].[U].[U]. The Morgan fingerprint density at radius 2 is 0.890 bits per heavy atom. The minimum atomic E-state index is -1.48. The van der Waals surface area contributed by atoms with E-state index in [9.17, 15) is 84.6 Å². The second-order valence-electron chi connectivity index (χ2n) is 27.0. The Kier molecular flexibility index (Phi) is 65.1. The third-order valence-electron chi connectivity index (χ3n) is 17.8. The maximum Gasteiger partial charge on any atom is 0.192 e. The van der Waals surface area contributed by atoms with Gasteiger partial charge in [0.1, 0.15) is 51.5 Å². The number of rotatable bonds is 22. The first-order chi connectivity index (χ1) is 44.7. The van der Waals surface area contributed by atoms with Gasteiger partial charge in [0.2, 0.25) is 0 Å². The fourth-order valence-electron chi connectivity index (χ4n) is 12.8. The molecule has 7 saturated heterocycles. The van der Waals surface area contributed by atoms with Crippen molar-refractivity contribution in [2.75, 3.05) is 0 Å². The van der Waals surface area contributed by atoms with Crippen molar-refractivity contribution in [1.82, 2.24) is 0 Å². The quantitative estimate of drug-likeness (QED) is 0.0245. The van der Waals surface area contributed by atoms with Crippen molar-refractivity contribution in [1.29, 1.82) is 0 Å². The number of carbonyl (C=O) groups is 7. The molecule has 30 heteroatoms. The van der Waals surface area contributed by atoms with Gasteiger partial charge in [-0.2, -0.15) is 33.0 Å². The van der Waals surface area contributed by atoms with Gasteiger partial charge in [-0.15, -0.1) is 0 Å². The first-order valence-corrected chi connectivity index (χ1v) is 33.0. The average Bonchev–Trinajstić information content (AvgIpc) is 1.67. The van der Waals surface area contributed by atoms with Crippen molar-refractivity contribution in [3.05, 3.63) is 57.3 Å². The Bertz CT molecular complexity index is 2320. The molecule has 10 unspecified atom stereocenters. The Labute approximate surface area is 714 Å². The molecule has 0 aliphatic carbocycles. The van der Waals surface area contributed by atoms with Crippen LogP contribution in [0.2, 0.25) is 0 Å². The number of hydrogen-bond acceptors (Lipinski definition) is 24. The van der Waals surface area contributed by atoms with Gasteiger partial charge < -0.3 is 103 Å². The predicted octanol–water partition coefficient (Wildman–Crippen LogP) is 2.97. The van der Waals surface area contributed by atoms with Gasteiger partial charge in [-0.3, -0.25) is 14.4 Å². The molecule has 564 valence electrons. The van der Waals surface area contributed by atoms with E-state index in [0.29, 0.717) is 62.2 Å². The normalized spacial score (nSPS) is 33.9. The van der Waals surface area contributed by atoms with E-state index in [4.69, 9.17) is 41.0 Å². The van der Waals surface area contributed by atoms with E-state index in [1.165, 1.54) is 45.2 Å². The predicted molar refractivity (Wildman–Crippen MR) is 350 cm³/mol. The van der Waals surface area contributed by atoms with Gasteiger partial charge in [-0.25, -0.2) is 0 Å². The summed E-state index contributed by atoms with van der Waals surface area (Å²) in [6.07, 6.45) is 2.38. The van der Waals surface area contributed by atoms with Crippen LogP contribution in [-0.4, -0.2) is 219 Å². The molecule has 0 aromatic rings. The van der Waals surface area contributed by atoms with Crippen LogP contribution in [0.3, 0.4) is 0 Å². The maximum atomic E-state index is 10.3. The molecule has 100 heavy (non-hydrogen) atoms. The summed E-state index contributed by atoms with van der Waals surface area (Å²) in [5, 5.41) is 95.8. The molecule has 0 spiro atoms. The van der Waals surface area contributed by atoms with Crippen LogP contribution in [0.1, 0.15) is 130 Å². The van der Waals surface area contributed by atoms with Crippen LogP contribution in [0.15, 0.2) is 24.3 Å². The molecule has 0 amide bonds. The molecule has 7 aliphatic heterocycles. The van der Waals surface area contributed by atoms with Crippen molar-refractivity contribution in [3.63, 3.8) is 0 Å². The summed E-state index contributed by atoms with van der Waals surface area (Å²) in [7, 11) is 5.57. The molecule has 0 saturated carbocycles. The first-order valence-electron chi connectivity index (χ1n) is 33.0. The van der Waals surface area contributed by atoms with E-state index in [2.05, 4.69) is 25.7 Å². The van der Waals surface area contributed by atoms with Gasteiger partial charge in [0.25, 0.3) is 0 Å². The van der Waals surface area contributed by atoms with E-state index in [1.807, 2.05) is 83.1 Å². The van der Waals surface area contributed by atoms with Crippen molar-refractivity contribution in [3.8, 4) is 11.8 Å². The van der Waals surface area contributed by atoms with Crippen LogP contribution >= 0.6 is 0 Å². The van der Waals surface area contributed by atoms with Crippen molar-refractivity contribution >= 4 is 51.8 Å². The standard InChI is InChI=1S/C11H20O4.C10H15BO3.C10H17O5.C10H17O3.C10H15O3.C10H13O3.C9H15O3.5U/c1-6(2)9-10(14)7(3)15-11(9)8(13)4-5-12;1-6(2)8-7(4-3-5-12)14-10(11)9(8)13;1-5(2)8-7(13)4-15-10(8)9(14)6(12)3-11;3*1-7(2)10-8(12)6-13-9(10)4-3-5-11;1-6(2)9-7(11)5-12-8(9)3-4-10;;;;;/h5-11,13-14H,4H2,1-3H3;3-10,13H,1-2H3;3-10,12-14H,1-2H3;5-10,12H,3-4H2,1-2H3;3-10,12H,1-2H3;5-10,12H,1-2H3;4-9,11H,3H2,1-2H3;;;;;/q;;5*-1;;;;;/b;4-3+;;;4-3-;;;;;;;/t7-,8?,9?,10+,11+;7-,8?,9+,10-;6?,7-,8?,9?,10+;3*8-,9-,10?;7-,8-,9?;;;;;/m0111111...../s1. The van der Waals surface area contributed by atoms with Crippen LogP contribution < -0.4 is 0 Å². The third kappa shape index (κ3) is 36.5. The Morgan fingerprint density at radius 3 is 1.34 bits per heavy atom. The fourth-order valence-corrected chi connectivity index (χ4v) is 12.8. The zero-order valence-electron chi connectivity index (χ0n) is 60.4. The maximum absolute atomic E-state index is 10.3. The smallest absolute Gasteiger partial charge is 0.192 e. The van der Waals surface area contributed by atoms with Crippen molar-refractivity contribution < 1.29 is 273 Å². The number of aldehydes is 7. The number of hydrogen-bond donors (Lipinski definition) is 10. The molecule has 10 N–H and O–H groups in total. The van der Waals surface area contributed by atoms with Crippen molar-refractivity contribution in [2.24, 2.45) is 82.9 Å². The summed E-state index contributed by atoms with van der Waals surface area (Å²) in [6, 6.07) is -0.649. The first kappa shape index (κ1) is 110. The van der Waals surface area contributed by atoms with Gasteiger partial charge in [0.05, 0.1) is 48.8 Å². The monoisotopic (exact) mass is 2540 g/mol. The fraction of sp³-hybridized carbons (Fsp3) is 0.743. The molecule has 7 aliphatic rings. The third-order valence-corrected chi connectivity index (χ3v) is 17.8. The summed E-state index contributed by atoms with van der Waals surface area (Å²) in [5.41, 5.74) is 0. The molecule has 26 atom stereocenters. The number of ether oxygens (including phenoxy) is 7. The van der Waals surface area contributed by atoms with E-state index in [1.54, 1.807) is 19.1 Å². The van der Waals surface area contributed by atoms with Gasteiger partial charge in [-0.1, -0.05) is 115 Å². The number of aliphatic hydroxyl groups excluding tert-OH is 10. The molecule has 0 bridgehead atoms. The van der Waals surface area contributed by atoms with E-state index < -0.39 is 79.3 Å². The second kappa shape index (κ2) is 59.2. The largest absolute Gasteiger partial charge is 0.547 e. The number of carbonyl (C=O) groups excluding carboxylic acids is 7. The van der Waals surface area contributed by atoms with Gasteiger partial charge in [0, 0.05) is 211 Å². The minimum Gasteiger partial charge on any atom is -0.547 e. The molecule has 0 aromatic heterocycles. The average molecular weight is 2540 g/mol. The summed E-state index contributed by atoms with van der Waals surface area (Å²) in [6.45, 7) is 36.7. The van der Waals surface area contributed by atoms with Crippen LogP contribution in [0, 0.1) is 283 Å². The van der Waals surface area contributed by atoms with Gasteiger partial charge in [-0.05, 0) is 133 Å². The number of aliphatic hydroxyl groups is 10. The van der Waals surface area contributed by atoms with Crippen LogP contribution in [0.5, 0.6) is 0 Å². The molecule has 0 aromatic carbocycles. The van der Waals surface area contributed by atoms with E-state index in [0.717, 1.165) is 12.6 Å². The summed E-state index contributed by atoms with van der Waals surface area (Å²) < 4.78 is 36.7. The van der Waals surface area contributed by atoms with Crippen LogP contribution in [0.25, 0.3) is 0 Å². The summed E-state index contributed by atoms with van der Waals surface area (Å²) in [4.78, 5) is 71.4. The summed E-state index contributed by atoms with van der Waals surface area (Å²) in [5.74, 6) is 6.62. The van der Waals surface area contributed by atoms with Gasteiger partial charge >= 0.3 is 0 Å². The molecule has 7 rings (SSSR count). The van der Waals surface area contributed by atoms with Gasteiger partial charge in [0.15, 0.2) is 12.6 Å². The number of allylic oxidation sites excluding steroid dienone is 2. The molecule has 7 heterocycles. The Morgan fingerprint density at radius 1 is 0.460 bits per heavy atom. The zero-order valence-corrected chi connectivity index (χ0v) is 81.2. The molecule has 2 radical (unpaired) electrons. The van der Waals surface area contributed by atoms with Crippen LogP contribution in [0.4, 0.5) is 0 Å². The van der Waals surface area contributed by atoms with E-state index >= 15 is 0 Å². The minimum absolute atomic E-state index is 0. The van der Waals surface area contributed by atoms with E-state index in [-0.39, 0.29) is 270 Å². The topological polar surface area (TPSA) is 386 Å². The van der Waals surface area contributed by atoms with Crippen LogP contribution in [-0.2, 0) is 66.7 Å². The Hall–Kier alpha value is 1.37. The second-order valence-corrected chi connectivity index (χ2v) is 27.0.